The van der Waals surface area contributed by atoms with Crippen molar-refractivity contribution in [1.82, 2.24) is 0 Å². The molecule has 0 fully saturated rings. The summed E-state index contributed by atoms with van der Waals surface area (Å²) in [7, 11) is 0. The van der Waals surface area contributed by atoms with Crippen LogP contribution in [0, 0.1) is 27.7 Å². The Labute approximate surface area is 109 Å². The highest BCUT2D eigenvalue weighted by Crippen LogP contribution is 2.29. The molecule has 0 aliphatic rings. The van der Waals surface area contributed by atoms with Crippen LogP contribution >= 0.6 is 0 Å². The molecule has 2 aromatic rings. The summed E-state index contributed by atoms with van der Waals surface area (Å²) in [5.41, 5.74) is 7.05. The van der Waals surface area contributed by atoms with Crippen LogP contribution < -0.4 is 10.9 Å². The number of nitrogens with two attached hydrogens (primary N) is 1. The summed E-state index contributed by atoms with van der Waals surface area (Å²) in [6.45, 7) is 8.41. The van der Waals surface area contributed by atoms with Crippen molar-refractivity contribution in [2.45, 2.75) is 27.7 Å². The molecule has 0 aromatic heterocycles. The molecule has 2 heteroatoms. The first-order chi connectivity index (χ1) is 8.50. The van der Waals surface area contributed by atoms with E-state index in [0.29, 0.717) is 0 Å². The Balaban J connectivity index is 2.50. The number of aryl methyl sites for hydroxylation is 4. The minimum absolute atomic E-state index is 1.05. The van der Waals surface area contributed by atoms with Crippen LogP contribution in [0.5, 0.6) is 0 Å². The Morgan fingerprint density at radius 1 is 0.722 bits per heavy atom. The van der Waals surface area contributed by atoms with Crippen molar-refractivity contribution in [3.8, 4) is 0 Å². The Kier molecular flexibility index (Phi) is 3.39. The number of nitrogens with zero attached hydrogens (tertiary/aromatic N) is 1. The number of hydrogen-bond acceptors (Lipinski definition) is 2. The fraction of sp³-hybridized carbons (Fsp3) is 0.250. The lowest BCUT2D eigenvalue weighted by atomic mass is 10.0. The second kappa shape index (κ2) is 4.83. The van der Waals surface area contributed by atoms with Gasteiger partial charge in [0.05, 0.1) is 11.4 Å². The van der Waals surface area contributed by atoms with Gasteiger partial charge in [0, 0.05) is 0 Å². The molecule has 94 valence electrons. The third-order valence-corrected chi connectivity index (χ3v) is 3.45. The predicted molar refractivity (Wildman–Crippen MR) is 78.2 cm³/mol. The average molecular weight is 240 g/mol. The molecule has 2 nitrogen and oxygen atoms in total. The average Bonchev–Trinajstić information content (AvgIpc) is 2.33. The molecule has 0 radical (unpaired) electrons. The molecule has 0 spiro atoms. The first-order valence-electron chi connectivity index (χ1n) is 6.19. The normalized spacial score (nSPS) is 10.5. The summed E-state index contributed by atoms with van der Waals surface area (Å²) in [4.78, 5) is 0. The first-order valence-corrected chi connectivity index (χ1v) is 6.19. The smallest absolute Gasteiger partial charge is 0.0607 e. The minimum atomic E-state index is 1.05. The van der Waals surface area contributed by atoms with Crippen LogP contribution in [0.4, 0.5) is 11.4 Å². The van der Waals surface area contributed by atoms with Crippen LogP contribution in [0.25, 0.3) is 0 Å². The summed E-state index contributed by atoms with van der Waals surface area (Å²) in [6, 6.07) is 12.5. The minimum Gasteiger partial charge on any atom is -0.279 e. The van der Waals surface area contributed by atoms with Gasteiger partial charge in [-0.3, -0.25) is 5.01 Å². The quantitative estimate of drug-likeness (QED) is 0.636. The largest absolute Gasteiger partial charge is 0.279 e. The molecule has 0 saturated carbocycles. The monoisotopic (exact) mass is 240 g/mol. The van der Waals surface area contributed by atoms with E-state index in [-0.39, 0.29) is 0 Å². The molecule has 0 saturated heterocycles. The number of anilines is 2. The molecule has 0 bridgehead atoms. The first kappa shape index (κ1) is 12.7. The molecule has 0 aliphatic carbocycles. The molecule has 0 heterocycles. The standard InChI is InChI=1S/C16H20N2/c1-11-7-5-6-8-15(11)18(17)16-10-13(3)12(2)9-14(16)4/h5-10H,17H2,1-4H3. The fourth-order valence-electron chi connectivity index (χ4n) is 2.17. The maximum Gasteiger partial charge on any atom is 0.0607 e. The lowest BCUT2D eigenvalue weighted by molar-refractivity contribution is 1.05. The molecule has 2 aromatic carbocycles. The van der Waals surface area contributed by atoms with Crippen molar-refractivity contribution in [3.05, 3.63) is 58.7 Å². The van der Waals surface area contributed by atoms with Crippen molar-refractivity contribution in [3.63, 3.8) is 0 Å². The van der Waals surface area contributed by atoms with Gasteiger partial charge in [-0.15, -0.1) is 0 Å². The van der Waals surface area contributed by atoms with Crippen LogP contribution in [-0.4, -0.2) is 0 Å². The fourth-order valence-corrected chi connectivity index (χ4v) is 2.17. The van der Waals surface area contributed by atoms with E-state index in [1.54, 1.807) is 5.01 Å². The Morgan fingerprint density at radius 3 is 2.00 bits per heavy atom. The Morgan fingerprint density at radius 2 is 1.33 bits per heavy atom. The molecule has 18 heavy (non-hydrogen) atoms. The maximum atomic E-state index is 6.27. The molecule has 2 rings (SSSR count). The van der Waals surface area contributed by atoms with Crippen LogP contribution in [0.2, 0.25) is 0 Å². The van der Waals surface area contributed by atoms with Gasteiger partial charge in [-0.05, 0) is 62.1 Å². The number of rotatable bonds is 2. The summed E-state index contributed by atoms with van der Waals surface area (Å²) in [5.74, 6) is 6.27. The Bertz CT molecular complexity index is 573. The van der Waals surface area contributed by atoms with Crippen molar-refractivity contribution >= 4 is 11.4 Å². The Hall–Kier alpha value is -1.80. The van der Waals surface area contributed by atoms with Gasteiger partial charge in [-0.1, -0.05) is 24.3 Å². The van der Waals surface area contributed by atoms with Gasteiger partial charge < -0.3 is 0 Å². The summed E-state index contributed by atoms with van der Waals surface area (Å²) >= 11 is 0. The van der Waals surface area contributed by atoms with Gasteiger partial charge in [-0.25, -0.2) is 5.84 Å². The highest BCUT2D eigenvalue weighted by molar-refractivity contribution is 5.68. The van der Waals surface area contributed by atoms with Crippen molar-refractivity contribution in [2.75, 3.05) is 5.01 Å². The van der Waals surface area contributed by atoms with Gasteiger partial charge in [-0.2, -0.15) is 0 Å². The second-order valence-corrected chi connectivity index (χ2v) is 4.88. The number of hydrazine groups is 1. The van der Waals surface area contributed by atoms with Gasteiger partial charge >= 0.3 is 0 Å². The summed E-state index contributed by atoms with van der Waals surface area (Å²) in [6.07, 6.45) is 0. The summed E-state index contributed by atoms with van der Waals surface area (Å²) in [5, 5.41) is 1.77. The van der Waals surface area contributed by atoms with E-state index in [4.69, 9.17) is 5.84 Å². The lowest BCUT2D eigenvalue weighted by Crippen LogP contribution is -2.26. The zero-order valence-corrected chi connectivity index (χ0v) is 11.5. The predicted octanol–water partition coefficient (Wildman–Crippen LogP) is 3.93. The zero-order valence-electron chi connectivity index (χ0n) is 11.5. The van der Waals surface area contributed by atoms with E-state index in [1.165, 1.54) is 22.3 Å². The van der Waals surface area contributed by atoms with Crippen LogP contribution in [0.1, 0.15) is 22.3 Å². The van der Waals surface area contributed by atoms with Crippen molar-refractivity contribution in [1.29, 1.82) is 0 Å². The van der Waals surface area contributed by atoms with E-state index in [1.807, 2.05) is 18.2 Å². The number of benzene rings is 2. The van der Waals surface area contributed by atoms with Gasteiger partial charge in [0.25, 0.3) is 0 Å². The zero-order chi connectivity index (χ0) is 13.3. The van der Waals surface area contributed by atoms with E-state index < -0.39 is 0 Å². The van der Waals surface area contributed by atoms with E-state index >= 15 is 0 Å². The maximum absolute atomic E-state index is 6.27. The molecule has 2 N–H and O–H groups in total. The van der Waals surface area contributed by atoms with Crippen LogP contribution in [0.3, 0.4) is 0 Å². The lowest BCUT2D eigenvalue weighted by Gasteiger charge is -2.23. The molecule has 0 atom stereocenters. The van der Waals surface area contributed by atoms with E-state index in [0.717, 1.165) is 11.4 Å². The molecular weight excluding hydrogens is 220 g/mol. The highest BCUT2D eigenvalue weighted by atomic mass is 15.4. The van der Waals surface area contributed by atoms with E-state index in [9.17, 15) is 0 Å². The number of hydrogen-bond donors (Lipinski definition) is 1. The van der Waals surface area contributed by atoms with E-state index in [2.05, 4.69) is 45.9 Å². The van der Waals surface area contributed by atoms with Gasteiger partial charge in [0.15, 0.2) is 0 Å². The van der Waals surface area contributed by atoms with Crippen LogP contribution in [-0.2, 0) is 0 Å². The van der Waals surface area contributed by atoms with Gasteiger partial charge in [0.1, 0.15) is 0 Å². The van der Waals surface area contributed by atoms with Gasteiger partial charge in [0.2, 0.25) is 0 Å². The molecule has 0 amide bonds. The number of para-hydroxylation sites is 1. The van der Waals surface area contributed by atoms with Crippen molar-refractivity contribution in [2.24, 2.45) is 5.84 Å². The molecule has 0 unspecified atom stereocenters. The third-order valence-electron chi connectivity index (χ3n) is 3.45. The second-order valence-electron chi connectivity index (χ2n) is 4.88. The third kappa shape index (κ3) is 2.24. The molecule has 0 aliphatic heterocycles. The molecular formula is C16H20N2. The summed E-state index contributed by atoms with van der Waals surface area (Å²) < 4.78 is 0. The highest BCUT2D eigenvalue weighted by Gasteiger charge is 2.10. The SMILES string of the molecule is Cc1cc(C)c(N(N)c2ccccc2C)cc1C. The van der Waals surface area contributed by atoms with Crippen LogP contribution in [0.15, 0.2) is 36.4 Å². The van der Waals surface area contributed by atoms with Crippen molar-refractivity contribution < 1.29 is 0 Å². The topological polar surface area (TPSA) is 29.3 Å².